The third-order valence-corrected chi connectivity index (χ3v) is 1.87. The van der Waals surface area contributed by atoms with E-state index in [1.165, 1.54) is 0 Å². The Labute approximate surface area is 105 Å². The number of hydrogen-bond acceptors (Lipinski definition) is 5. The van der Waals surface area contributed by atoms with Crippen LogP contribution in [0.25, 0.3) is 0 Å². The number of amides is 3. The Balaban J connectivity index is 3.55. The fraction of sp³-hybridized carbons (Fsp3) is 0.600. The topological polar surface area (TPSA) is 130 Å². The van der Waals surface area contributed by atoms with E-state index >= 15 is 0 Å². The molecule has 0 unspecified atom stereocenters. The first-order valence-electron chi connectivity index (χ1n) is 5.54. The van der Waals surface area contributed by atoms with Crippen LogP contribution >= 0.6 is 0 Å². The van der Waals surface area contributed by atoms with Gasteiger partial charge in [0.05, 0.1) is 13.1 Å². The molecular weight excluding hydrogens is 240 g/mol. The second-order valence-corrected chi connectivity index (χ2v) is 3.39. The van der Waals surface area contributed by atoms with Crippen LogP contribution in [0.5, 0.6) is 0 Å². The predicted molar refractivity (Wildman–Crippen MR) is 63.4 cm³/mol. The Bertz CT molecular complexity index is 306. The molecular formula is C10H18N4O4. The molecule has 0 aromatic rings. The summed E-state index contributed by atoms with van der Waals surface area (Å²) in [6.07, 6.45) is 0.821. The standard InChI is InChI=1S/C10H18N4O4/c11-3-1-8(16)14-7-10(18)12-4-2-9(17)13-5-6-15/h6H,1-5,7,11H2,(H,12,18)(H,13,17)(H,14,16). The Kier molecular flexibility index (Phi) is 9.10. The lowest BCUT2D eigenvalue weighted by Gasteiger charge is -2.06. The van der Waals surface area contributed by atoms with Gasteiger partial charge in [-0.3, -0.25) is 14.4 Å². The van der Waals surface area contributed by atoms with Crippen molar-refractivity contribution in [2.24, 2.45) is 5.73 Å². The average Bonchev–Trinajstić information content (AvgIpc) is 2.34. The summed E-state index contributed by atoms with van der Waals surface area (Å²) in [5.41, 5.74) is 5.16. The summed E-state index contributed by atoms with van der Waals surface area (Å²) in [5.74, 6) is -1.01. The molecule has 0 saturated heterocycles. The SMILES string of the molecule is NCCC(=O)NCC(=O)NCCC(=O)NCC=O. The summed E-state index contributed by atoms with van der Waals surface area (Å²) in [5, 5.41) is 7.16. The molecule has 0 aliphatic heterocycles. The molecule has 0 fully saturated rings. The molecule has 0 radical (unpaired) electrons. The average molecular weight is 258 g/mol. The lowest BCUT2D eigenvalue weighted by Crippen LogP contribution is -2.39. The van der Waals surface area contributed by atoms with E-state index in [2.05, 4.69) is 16.0 Å². The molecule has 0 spiro atoms. The van der Waals surface area contributed by atoms with Crippen molar-refractivity contribution in [1.29, 1.82) is 0 Å². The molecule has 102 valence electrons. The third kappa shape index (κ3) is 9.28. The summed E-state index contributed by atoms with van der Waals surface area (Å²) >= 11 is 0. The molecule has 0 bridgehead atoms. The van der Waals surface area contributed by atoms with Gasteiger partial charge in [0.15, 0.2) is 0 Å². The number of nitrogens with two attached hydrogens (primary N) is 1. The zero-order valence-electron chi connectivity index (χ0n) is 10.0. The summed E-state index contributed by atoms with van der Waals surface area (Å²) in [6.45, 7) is 0.192. The van der Waals surface area contributed by atoms with Gasteiger partial charge in [-0.25, -0.2) is 0 Å². The van der Waals surface area contributed by atoms with E-state index in [-0.39, 0.29) is 56.7 Å². The van der Waals surface area contributed by atoms with E-state index in [1.807, 2.05) is 0 Å². The quantitative estimate of drug-likeness (QED) is 0.334. The lowest BCUT2D eigenvalue weighted by molar-refractivity contribution is -0.126. The fourth-order valence-electron chi connectivity index (χ4n) is 1.02. The summed E-state index contributed by atoms with van der Waals surface area (Å²) in [7, 11) is 0. The molecule has 0 saturated carbocycles. The van der Waals surface area contributed by atoms with Crippen molar-refractivity contribution in [3.05, 3.63) is 0 Å². The van der Waals surface area contributed by atoms with Crippen LogP contribution < -0.4 is 21.7 Å². The van der Waals surface area contributed by atoms with E-state index in [4.69, 9.17) is 5.73 Å². The highest BCUT2D eigenvalue weighted by molar-refractivity contribution is 5.85. The van der Waals surface area contributed by atoms with Crippen molar-refractivity contribution >= 4 is 24.0 Å². The van der Waals surface area contributed by atoms with Gasteiger partial charge in [0, 0.05) is 25.9 Å². The van der Waals surface area contributed by atoms with Gasteiger partial charge >= 0.3 is 0 Å². The highest BCUT2D eigenvalue weighted by Gasteiger charge is 2.05. The maximum Gasteiger partial charge on any atom is 0.239 e. The highest BCUT2D eigenvalue weighted by Crippen LogP contribution is 1.78. The molecule has 18 heavy (non-hydrogen) atoms. The van der Waals surface area contributed by atoms with Gasteiger partial charge < -0.3 is 26.5 Å². The van der Waals surface area contributed by atoms with Crippen LogP contribution in [0, 0.1) is 0 Å². The molecule has 0 atom stereocenters. The fourth-order valence-corrected chi connectivity index (χ4v) is 1.02. The second kappa shape index (κ2) is 10.2. The van der Waals surface area contributed by atoms with Crippen LogP contribution in [0.15, 0.2) is 0 Å². The van der Waals surface area contributed by atoms with Gasteiger partial charge in [-0.05, 0) is 0 Å². The Morgan fingerprint density at radius 1 is 0.944 bits per heavy atom. The van der Waals surface area contributed by atoms with E-state index < -0.39 is 0 Å². The molecule has 3 amide bonds. The monoisotopic (exact) mass is 258 g/mol. The maximum absolute atomic E-state index is 11.2. The predicted octanol–water partition coefficient (Wildman–Crippen LogP) is -2.73. The number of nitrogens with one attached hydrogen (secondary N) is 3. The van der Waals surface area contributed by atoms with E-state index in [9.17, 15) is 19.2 Å². The van der Waals surface area contributed by atoms with E-state index in [1.54, 1.807) is 0 Å². The third-order valence-electron chi connectivity index (χ3n) is 1.87. The minimum absolute atomic E-state index is 0.0398. The van der Waals surface area contributed by atoms with Crippen molar-refractivity contribution in [1.82, 2.24) is 16.0 Å². The molecule has 0 aliphatic carbocycles. The van der Waals surface area contributed by atoms with Gasteiger partial charge in [0.1, 0.15) is 6.29 Å². The number of carbonyl (C=O) groups excluding carboxylic acids is 4. The number of rotatable bonds is 9. The largest absolute Gasteiger partial charge is 0.354 e. The van der Waals surface area contributed by atoms with Crippen LogP contribution in [0.3, 0.4) is 0 Å². The normalized spacial score (nSPS) is 9.39. The first-order valence-corrected chi connectivity index (χ1v) is 5.54. The van der Waals surface area contributed by atoms with E-state index in [0.29, 0.717) is 6.29 Å². The molecule has 0 rings (SSSR count). The Morgan fingerprint density at radius 3 is 2.22 bits per heavy atom. The van der Waals surface area contributed by atoms with Crippen LogP contribution in [-0.2, 0) is 19.2 Å². The lowest BCUT2D eigenvalue weighted by atomic mass is 10.3. The van der Waals surface area contributed by atoms with Gasteiger partial charge in [0.25, 0.3) is 0 Å². The van der Waals surface area contributed by atoms with Gasteiger partial charge in [-0.15, -0.1) is 0 Å². The summed E-state index contributed by atoms with van der Waals surface area (Å²) in [6, 6.07) is 0. The number of carbonyl (C=O) groups is 4. The smallest absolute Gasteiger partial charge is 0.239 e. The van der Waals surface area contributed by atoms with Crippen LogP contribution in [0.4, 0.5) is 0 Å². The minimum Gasteiger partial charge on any atom is -0.354 e. The van der Waals surface area contributed by atoms with Crippen molar-refractivity contribution in [2.45, 2.75) is 12.8 Å². The second-order valence-electron chi connectivity index (χ2n) is 3.39. The van der Waals surface area contributed by atoms with Crippen molar-refractivity contribution in [3.8, 4) is 0 Å². The Hall–Kier alpha value is -1.96. The number of hydrogen-bond donors (Lipinski definition) is 4. The van der Waals surface area contributed by atoms with Crippen LogP contribution in [-0.4, -0.2) is 50.2 Å². The first-order chi connectivity index (χ1) is 8.60. The van der Waals surface area contributed by atoms with Crippen LogP contribution in [0.2, 0.25) is 0 Å². The van der Waals surface area contributed by atoms with Crippen LogP contribution in [0.1, 0.15) is 12.8 Å². The van der Waals surface area contributed by atoms with Crippen molar-refractivity contribution < 1.29 is 19.2 Å². The molecule has 8 nitrogen and oxygen atoms in total. The van der Waals surface area contributed by atoms with Crippen molar-refractivity contribution in [2.75, 3.05) is 26.2 Å². The molecule has 0 heterocycles. The van der Waals surface area contributed by atoms with Gasteiger partial charge in [-0.2, -0.15) is 0 Å². The number of aldehydes is 1. The zero-order valence-corrected chi connectivity index (χ0v) is 10.0. The van der Waals surface area contributed by atoms with Gasteiger partial charge in [0.2, 0.25) is 17.7 Å². The van der Waals surface area contributed by atoms with Gasteiger partial charge in [-0.1, -0.05) is 0 Å². The minimum atomic E-state index is -0.386. The summed E-state index contributed by atoms with van der Waals surface area (Å²) in [4.78, 5) is 43.2. The van der Waals surface area contributed by atoms with Crippen molar-refractivity contribution in [3.63, 3.8) is 0 Å². The molecule has 0 aromatic heterocycles. The zero-order chi connectivity index (χ0) is 13.8. The summed E-state index contributed by atoms with van der Waals surface area (Å²) < 4.78 is 0. The maximum atomic E-state index is 11.2. The molecule has 0 aliphatic rings. The molecule has 8 heteroatoms. The Morgan fingerprint density at radius 2 is 1.61 bits per heavy atom. The molecule has 0 aromatic carbocycles. The first kappa shape index (κ1) is 16.0. The molecule has 5 N–H and O–H groups in total. The highest BCUT2D eigenvalue weighted by atomic mass is 16.2. The van der Waals surface area contributed by atoms with E-state index in [0.717, 1.165) is 0 Å².